The Bertz CT molecular complexity index is 304. The third-order valence-corrected chi connectivity index (χ3v) is 2.23. The van der Waals surface area contributed by atoms with E-state index in [-0.39, 0.29) is 0 Å². The van der Waals surface area contributed by atoms with E-state index in [1.165, 1.54) is 0 Å². The van der Waals surface area contributed by atoms with Crippen LogP contribution in [0.1, 0.15) is 18.1 Å². The van der Waals surface area contributed by atoms with E-state index in [1.54, 1.807) is 25.3 Å². The summed E-state index contributed by atoms with van der Waals surface area (Å²) in [6, 6.07) is 5.15. The van der Waals surface area contributed by atoms with Crippen molar-refractivity contribution in [1.82, 2.24) is 0 Å². The third kappa shape index (κ3) is 2.61. The van der Waals surface area contributed by atoms with Gasteiger partial charge in [0.15, 0.2) is 0 Å². The van der Waals surface area contributed by atoms with Gasteiger partial charge >= 0.3 is 0 Å². The third-order valence-electron chi connectivity index (χ3n) is 1.99. The molecule has 1 atom stereocenters. The summed E-state index contributed by atoms with van der Waals surface area (Å²) >= 11 is 5.82. The molecule has 0 fully saturated rings. The number of nitrogens with two attached hydrogens (primary N) is 1. The zero-order valence-corrected chi connectivity index (χ0v) is 8.79. The normalized spacial score (nSPS) is 12.6. The number of ether oxygens (including phenoxy) is 1. The first-order chi connectivity index (χ1) is 6.69. The van der Waals surface area contributed by atoms with E-state index in [1.807, 2.05) is 0 Å². The molecule has 0 spiro atoms. The zero-order valence-electron chi connectivity index (χ0n) is 8.03. The second-order valence-corrected chi connectivity index (χ2v) is 3.42. The molecule has 3 N–H and O–H groups in total. The van der Waals surface area contributed by atoms with Crippen LogP contribution in [0, 0.1) is 0 Å². The van der Waals surface area contributed by atoms with Gasteiger partial charge in [-0.25, -0.2) is 0 Å². The molecule has 0 saturated heterocycles. The number of methoxy groups -OCH3 is 1. The number of hydrogen-bond acceptors (Lipinski definition) is 3. The van der Waals surface area contributed by atoms with Gasteiger partial charge in [0.05, 0.1) is 13.2 Å². The quantitative estimate of drug-likeness (QED) is 0.805. The molecule has 1 unspecified atom stereocenters. The number of halogens is 1. The van der Waals surface area contributed by atoms with Crippen LogP contribution < -0.4 is 10.5 Å². The number of aliphatic hydroxyl groups excluding tert-OH is 1. The van der Waals surface area contributed by atoms with Crippen LogP contribution in [0.15, 0.2) is 18.2 Å². The lowest BCUT2D eigenvalue weighted by molar-refractivity contribution is 0.166. The van der Waals surface area contributed by atoms with Crippen molar-refractivity contribution in [2.45, 2.75) is 12.5 Å². The van der Waals surface area contributed by atoms with Crippen LogP contribution in [-0.2, 0) is 0 Å². The molecular formula is C10H14ClNO2. The van der Waals surface area contributed by atoms with E-state index < -0.39 is 6.10 Å². The molecule has 0 aromatic heterocycles. The number of benzene rings is 1. The molecule has 1 rings (SSSR count). The molecule has 78 valence electrons. The second kappa shape index (κ2) is 5.20. The standard InChI is InChI=1S/C10H14ClNO2/c1-14-10-3-2-7(11)6-8(10)9(13)4-5-12/h2-3,6,9,13H,4-5,12H2,1H3. The maximum atomic E-state index is 9.74. The SMILES string of the molecule is COc1ccc(Cl)cc1C(O)CCN. The van der Waals surface area contributed by atoms with Crippen molar-refractivity contribution in [1.29, 1.82) is 0 Å². The number of hydrogen-bond donors (Lipinski definition) is 2. The summed E-state index contributed by atoms with van der Waals surface area (Å²) in [7, 11) is 1.56. The summed E-state index contributed by atoms with van der Waals surface area (Å²) in [6.07, 6.45) is -0.120. The minimum atomic E-state index is -0.617. The first-order valence-electron chi connectivity index (χ1n) is 4.40. The van der Waals surface area contributed by atoms with E-state index >= 15 is 0 Å². The van der Waals surface area contributed by atoms with Gasteiger partial charge in [-0.1, -0.05) is 11.6 Å². The van der Waals surface area contributed by atoms with Gasteiger partial charge in [-0.05, 0) is 31.2 Å². The van der Waals surface area contributed by atoms with Crippen LogP contribution in [0.25, 0.3) is 0 Å². The minimum absolute atomic E-state index is 0.427. The van der Waals surface area contributed by atoms with Crippen molar-refractivity contribution in [3.63, 3.8) is 0 Å². The fraction of sp³-hybridized carbons (Fsp3) is 0.400. The summed E-state index contributed by atoms with van der Waals surface area (Å²) < 4.78 is 5.11. The van der Waals surface area contributed by atoms with Crippen LogP contribution in [-0.4, -0.2) is 18.8 Å². The molecule has 0 bridgehead atoms. The van der Waals surface area contributed by atoms with E-state index in [9.17, 15) is 5.11 Å². The van der Waals surface area contributed by atoms with Crippen molar-refractivity contribution in [3.8, 4) is 5.75 Å². The maximum absolute atomic E-state index is 9.74. The lowest BCUT2D eigenvalue weighted by Crippen LogP contribution is -2.07. The zero-order chi connectivity index (χ0) is 10.6. The van der Waals surface area contributed by atoms with Crippen LogP contribution in [0.4, 0.5) is 0 Å². The molecule has 1 aromatic rings. The molecule has 0 heterocycles. The Kier molecular flexibility index (Phi) is 4.20. The molecule has 0 aliphatic heterocycles. The lowest BCUT2D eigenvalue weighted by Gasteiger charge is -2.14. The van der Waals surface area contributed by atoms with Crippen molar-refractivity contribution < 1.29 is 9.84 Å². The maximum Gasteiger partial charge on any atom is 0.124 e. The Morgan fingerprint density at radius 2 is 2.29 bits per heavy atom. The highest BCUT2D eigenvalue weighted by Crippen LogP contribution is 2.29. The molecule has 3 nitrogen and oxygen atoms in total. The molecule has 14 heavy (non-hydrogen) atoms. The predicted molar refractivity (Wildman–Crippen MR) is 56.6 cm³/mol. The van der Waals surface area contributed by atoms with Crippen molar-refractivity contribution in [2.75, 3.05) is 13.7 Å². The highest BCUT2D eigenvalue weighted by Gasteiger charge is 2.12. The summed E-state index contributed by atoms with van der Waals surface area (Å²) in [5, 5.41) is 10.3. The highest BCUT2D eigenvalue weighted by molar-refractivity contribution is 6.30. The second-order valence-electron chi connectivity index (χ2n) is 2.98. The van der Waals surface area contributed by atoms with Crippen molar-refractivity contribution in [2.24, 2.45) is 5.73 Å². The fourth-order valence-corrected chi connectivity index (χ4v) is 1.46. The summed E-state index contributed by atoms with van der Waals surface area (Å²) in [5.41, 5.74) is 6.05. The van der Waals surface area contributed by atoms with Gasteiger partial charge in [0.1, 0.15) is 5.75 Å². The van der Waals surface area contributed by atoms with Crippen LogP contribution in [0.2, 0.25) is 5.02 Å². The summed E-state index contributed by atoms with van der Waals surface area (Å²) in [5.74, 6) is 0.635. The average molecular weight is 216 g/mol. The van der Waals surface area contributed by atoms with E-state index in [0.29, 0.717) is 29.3 Å². The molecule has 0 aliphatic rings. The topological polar surface area (TPSA) is 55.5 Å². The van der Waals surface area contributed by atoms with Gasteiger partial charge in [-0.15, -0.1) is 0 Å². The number of aliphatic hydroxyl groups is 1. The van der Waals surface area contributed by atoms with Gasteiger partial charge in [0.25, 0.3) is 0 Å². The lowest BCUT2D eigenvalue weighted by atomic mass is 10.1. The van der Waals surface area contributed by atoms with Crippen LogP contribution >= 0.6 is 11.6 Å². The smallest absolute Gasteiger partial charge is 0.124 e. The Labute approximate surface area is 88.4 Å². The summed E-state index contributed by atoms with van der Waals surface area (Å²) in [6.45, 7) is 0.427. The fourth-order valence-electron chi connectivity index (χ4n) is 1.28. The monoisotopic (exact) mass is 215 g/mol. The molecule has 0 amide bonds. The number of rotatable bonds is 4. The Morgan fingerprint density at radius 1 is 1.57 bits per heavy atom. The van der Waals surface area contributed by atoms with E-state index in [0.717, 1.165) is 0 Å². The highest BCUT2D eigenvalue weighted by atomic mass is 35.5. The molecule has 0 aliphatic carbocycles. The summed E-state index contributed by atoms with van der Waals surface area (Å²) in [4.78, 5) is 0. The first-order valence-corrected chi connectivity index (χ1v) is 4.78. The van der Waals surface area contributed by atoms with E-state index in [2.05, 4.69) is 0 Å². The molecule has 4 heteroatoms. The Balaban J connectivity index is 2.97. The largest absolute Gasteiger partial charge is 0.496 e. The molecule has 1 aromatic carbocycles. The van der Waals surface area contributed by atoms with Crippen molar-refractivity contribution in [3.05, 3.63) is 28.8 Å². The average Bonchev–Trinajstić information content (AvgIpc) is 2.18. The van der Waals surface area contributed by atoms with Gasteiger partial charge in [0.2, 0.25) is 0 Å². The van der Waals surface area contributed by atoms with Crippen LogP contribution in [0.5, 0.6) is 5.75 Å². The Morgan fingerprint density at radius 3 is 2.86 bits per heavy atom. The predicted octanol–water partition coefficient (Wildman–Crippen LogP) is 1.73. The molecular weight excluding hydrogens is 202 g/mol. The Hall–Kier alpha value is -0.770. The van der Waals surface area contributed by atoms with Gasteiger partial charge < -0.3 is 15.6 Å². The molecule has 0 radical (unpaired) electrons. The first kappa shape index (κ1) is 11.3. The molecule has 0 saturated carbocycles. The van der Waals surface area contributed by atoms with Crippen molar-refractivity contribution >= 4 is 11.6 Å². The van der Waals surface area contributed by atoms with E-state index in [4.69, 9.17) is 22.1 Å². The minimum Gasteiger partial charge on any atom is -0.496 e. The van der Waals surface area contributed by atoms with Gasteiger partial charge in [0, 0.05) is 10.6 Å². The van der Waals surface area contributed by atoms with Gasteiger partial charge in [-0.3, -0.25) is 0 Å². The van der Waals surface area contributed by atoms with Gasteiger partial charge in [-0.2, -0.15) is 0 Å². The van der Waals surface area contributed by atoms with Crippen LogP contribution in [0.3, 0.4) is 0 Å².